The maximum absolute atomic E-state index is 11.8. The molecule has 0 aromatic rings. The first kappa shape index (κ1) is 8.41. The van der Waals surface area contributed by atoms with E-state index in [9.17, 15) is 9.59 Å². The average molecular weight is 195 g/mol. The maximum Gasteiger partial charge on any atom is 0.235 e. The molecule has 0 aromatic carbocycles. The Morgan fingerprint density at radius 1 is 1.21 bits per heavy atom. The monoisotopic (exact) mass is 195 g/mol. The first-order valence-corrected chi connectivity index (χ1v) is 5.24. The number of rotatable bonds is 1. The van der Waals surface area contributed by atoms with Crippen molar-refractivity contribution in [2.45, 2.75) is 32.0 Å². The van der Waals surface area contributed by atoms with E-state index in [2.05, 4.69) is 0 Å². The predicted octanol–water partition coefficient (Wildman–Crippen LogP) is 0.169. The van der Waals surface area contributed by atoms with Crippen molar-refractivity contribution in [2.75, 3.05) is 6.54 Å². The number of amides is 2. The van der Waals surface area contributed by atoms with Crippen molar-refractivity contribution in [2.24, 2.45) is 11.8 Å². The Labute approximate surface area is 82.2 Å². The quantitative estimate of drug-likeness (QED) is 0.560. The van der Waals surface area contributed by atoms with Crippen molar-refractivity contribution < 1.29 is 14.3 Å². The third-order valence-electron chi connectivity index (χ3n) is 3.69. The zero-order valence-electron chi connectivity index (χ0n) is 8.10. The van der Waals surface area contributed by atoms with Crippen LogP contribution in [0.3, 0.4) is 0 Å². The highest BCUT2D eigenvalue weighted by atomic mass is 16.5. The van der Waals surface area contributed by atoms with Crippen molar-refractivity contribution in [3.05, 3.63) is 0 Å². The molecule has 4 nitrogen and oxygen atoms in total. The number of carbonyl (C=O) groups excluding carboxylic acids is 2. The number of carbonyl (C=O) groups is 2. The molecule has 0 aliphatic carbocycles. The first-order valence-electron chi connectivity index (χ1n) is 5.24. The van der Waals surface area contributed by atoms with Crippen molar-refractivity contribution in [1.82, 2.24) is 4.90 Å². The molecular weight excluding hydrogens is 182 g/mol. The molecule has 14 heavy (non-hydrogen) atoms. The Morgan fingerprint density at radius 2 is 1.71 bits per heavy atom. The molecule has 3 saturated heterocycles. The molecule has 3 fully saturated rings. The summed E-state index contributed by atoms with van der Waals surface area (Å²) in [5.74, 6) is -0.313. The van der Waals surface area contributed by atoms with Gasteiger partial charge >= 0.3 is 0 Å². The second-order valence-electron chi connectivity index (χ2n) is 4.26. The van der Waals surface area contributed by atoms with Crippen LogP contribution in [0.5, 0.6) is 0 Å². The van der Waals surface area contributed by atoms with Gasteiger partial charge in [0, 0.05) is 6.54 Å². The number of hydrogen-bond acceptors (Lipinski definition) is 3. The van der Waals surface area contributed by atoms with Crippen LogP contribution < -0.4 is 0 Å². The standard InChI is InChI=1S/C10H13NO3/c1-2-11-9(12)7-5-3-4-6(14-5)8(7)10(11)13/h5-8H,2-4H2,1H3/t5-,6+,7-,8+. The molecule has 2 bridgehead atoms. The Hall–Kier alpha value is -0.900. The molecule has 3 aliphatic rings. The molecule has 0 spiro atoms. The normalized spacial score (nSPS) is 45.1. The van der Waals surface area contributed by atoms with Gasteiger partial charge in [-0.3, -0.25) is 14.5 Å². The molecule has 2 amide bonds. The van der Waals surface area contributed by atoms with Gasteiger partial charge in [-0.2, -0.15) is 0 Å². The van der Waals surface area contributed by atoms with Crippen LogP contribution in [-0.2, 0) is 14.3 Å². The molecule has 0 unspecified atom stereocenters. The molecule has 0 aromatic heterocycles. The van der Waals surface area contributed by atoms with E-state index in [1.165, 1.54) is 4.90 Å². The number of fused-ring (bicyclic) bond motifs is 5. The molecule has 4 atom stereocenters. The third-order valence-corrected chi connectivity index (χ3v) is 3.69. The van der Waals surface area contributed by atoms with Gasteiger partial charge in [-0.05, 0) is 19.8 Å². The zero-order valence-corrected chi connectivity index (χ0v) is 8.10. The lowest BCUT2D eigenvalue weighted by molar-refractivity contribution is -0.142. The van der Waals surface area contributed by atoms with Gasteiger partial charge in [0.05, 0.1) is 24.0 Å². The average Bonchev–Trinajstić information content (AvgIpc) is 2.80. The van der Waals surface area contributed by atoms with Crippen LogP contribution in [0.2, 0.25) is 0 Å². The molecule has 3 aliphatic heterocycles. The lowest BCUT2D eigenvalue weighted by atomic mass is 9.81. The first-order chi connectivity index (χ1) is 6.74. The van der Waals surface area contributed by atoms with E-state index in [-0.39, 0.29) is 35.9 Å². The van der Waals surface area contributed by atoms with Gasteiger partial charge in [-0.25, -0.2) is 0 Å². The van der Waals surface area contributed by atoms with E-state index in [0.29, 0.717) is 6.54 Å². The smallest absolute Gasteiger partial charge is 0.235 e. The molecule has 4 heteroatoms. The van der Waals surface area contributed by atoms with Crippen LogP contribution in [0.25, 0.3) is 0 Å². The lowest BCUT2D eigenvalue weighted by Gasteiger charge is -2.15. The minimum absolute atomic E-state index is 0.00491. The summed E-state index contributed by atoms with van der Waals surface area (Å²) in [6, 6.07) is 0. The second-order valence-corrected chi connectivity index (χ2v) is 4.26. The minimum atomic E-state index is -0.152. The van der Waals surface area contributed by atoms with Crippen LogP contribution in [0.1, 0.15) is 19.8 Å². The van der Waals surface area contributed by atoms with Crippen molar-refractivity contribution in [3.63, 3.8) is 0 Å². The summed E-state index contributed by atoms with van der Waals surface area (Å²) in [7, 11) is 0. The molecule has 76 valence electrons. The Morgan fingerprint density at radius 3 is 2.14 bits per heavy atom. The highest BCUT2D eigenvalue weighted by Gasteiger charge is 2.61. The number of ether oxygens (including phenoxy) is 1. The van der Waals surface area contributed by atoms with Crippen molar-refractivity contribution in [1.29, 1.82) is 0 Å². The summed E-state index contributed by atoms with van der Waals surface area (Å²) in [6.07, 6.45) is 1.95. The Bertz CT molecular complexity index is 286. The minimum Gasteiger partial charge on any atom is -0.373 e. The van der Waals surface area contributed by atoms with Crippen molar-refractivity contribution in [3.8, 4) is 0 Å². The van der Waals surface area contributed by atoms with E-state index in [4.69, 9.17) is 4.74 Å². The number of imide groups is 1. The number of hydrogen-bond donors (Lipinski definition) is 0. The van der Waals surface area contributed by atoms with E-state index in [1.807, 2.05) is 6.92 Å². The Kier molecular flexibility index (Phi) is 1.54. The topological polar surface area (TPSA) is 46.6 Å². The summed E-state index contributed by atoms with van der Waals surface area (Å²) in [6.45, 7) is 2.35. The molecule has 0 N–H and O–H groups in total. The third kappa shape index (κ3) is 0.780. The van der Waals surface area contributed by atoms with Crippen molar-refractivity contribution >= 4 is 11.8 Å². The summed E-state index contributed by atoms with van der Waals surface area (Å²) in [5, 5.41) is 0. The van der Waals surface area contributed by atoms with Gasteiger partial charge in [0.15, 0.2) is 0 Å². The lowest BCUT2D eigenvalue weighted by Crippen LogP contribution is -2.33. The molecule has 0 saturated carbocycles. The summed E-state index contributed by atoms with van der Waals surface area (Å²) in [4.78, 5) is 25.1. The van der Waals surface area contributed by atoms with E-state index >= 15 is 0 Å². The Balaban J connectivity index is 1.98. The fourth-order valence-electron chi connectivity index (χ4n) is 3.09. The molecule has 0 radical (unpaired) electrons. The molecule has 3 rings (SSSR count). The summed E-state index contributed by atoms with van der Waals surface area (Å²) < 4.78 is 5.60. The highest BCUT2D eigenvalue weighted by molar-refractivity contribution is 6.06. The SMILES string of the molecule is CCN1C(=O)[C@@H]2[C@H](C1=O)[C@H]1CC[C@@H]2O1. The largest absolute Gasteiger partial charge is 0.373 e. The predicted molar refractivity (Wildman–Crippen MR) is 47.3 cm³/mol. The number of nitrogens with zero attached hydrogens (tertiary/aromatic N) is 1. The fraction of sp³-hybridized carbons (Fsp3) is 0.800. The van der Waals surface area contributed by atoms with E-state index in [1.54, 1.807) is 0 Å². The van der Waals surface area contributed by atoms with E-state index < -0.39 is 0 Å². The van der Waals surface area contributed by atoms with Crippen LogP contribution in [0.15, 0.2) is 0 Å². The summed E-state index contributed by atoms with van der Waals surface area (Å²) in [5.41, 5.74) is 0. The molecular formula is C10H13NO3. The zero-order chi connectivity index (χ0) is 9.87. The fourth-order valence-corrected chi connectivity index (χ4v) is 3.09. The van der Waals surface area contributed by atoms with Gasteiger partial charge in [0.1, 0.15) is 0 Å². The van der Waals surface area contributed by atoms with Crippen LogP contribution >= 0.6 is 0 Å². The van der Waals surface area contributed by atoms with Crippen LogP contribution in [0, 0.1) is 11.8 Å². The van der Waals surface area contributed by atoms with Gasteiger partial charge < -0.3 is 4.74 Å². The van der Waals surface area contributed by atoms with Gasteiger partial charge in [-0.1, -0.05) is 0 Å². The molecule has 3 heterocycles. The van der Waals surface area contributed by atoms with Crippen LogP contribution in [0.4, 0.5) is 0 Å². The van der Waals surface area contributed by atoms with E-state index in [0.717, 1.165) is 12.8 Å². The second kappa shape index (κ2) is 2.57. The number of likely N-dealkylation sites (tertiary alicyclic amines) is 1. The van der Waals surface area contributed by atoms with Gasteiger partial charge in [-0.15, -0.1) is 0 Å². The summed E-state index contributed by atoms with van der Waals surface area (Å²) >= 11 is 0. The van der Waals surface area contributed by atoms with Crippen LogP contribution in [-0.4, -0.2) is 35.5 Å². The van der Waals surface area contributed by atoms with Gasteiger partial charge in [0.25, 0.3) is 0 Å². The maximum atomic E-state index is 11.8. The highest BCUT2D eigenvalue weighted by Crippen LogP contribution is 2.48. The van der Waals surface area contributed by atoms with Gasteiger partial charge in [0.2, 0.25) is 11.8 Å².